The van der Waals surface area contributed by atoms with Crippen molar-refractivity contribution in [2.75, 3.05) is 0 Å². The lowest BCUT2D eigenvalue weighted by molar-refractivity contribution is 0.333. The number of hydrogen-bond acceptors (Lipinski definition) is 2. The number of rotatable bonds is 5. The first kappa shape index (κ1) is 17.6. The standard InChI is InChI=1S/C21H30N2S/c1-21(2,3)18-9-11-19(12-10-18)24-20(15-23-14-13-22-16-23)17-7-5-4-6-8-17/h9-14,16-17,20H,4-8,15H2,1-3H3. The van der Waals surface area contributed by atoms with Crippen LogP contribution in [0, 0.1) is 5.92 Å². The molecular formula is C21H30N2S. The van der Waals surface area contributed by atoms with E-state index < -0.39 is 0 Å². The fourth-order valence-corrected chi connectivity index (χ4v) is 4.95. The Morgan fingerprint density at radius 2 is 1.83 bits per heavy atom. The summed E-state index contributed by atoms with van der Waals surface area (Å²) in [6, 6.07) is 9.24. The van der Waals surface area contributed by atoms with Crippen molar-refractivity contribution in [3.63, 3.8) is 0 Å². The summed E-state index contributed by atoms with van der Waals surface area (Å²) in [6.07, 6.45) is 12.9. The van der Waals surface area contributed by atoms with Crippen LogP contribution in [-0.4, -0.2) is 14.8 Å². The van der Waals surface area contributed by atoms with Gasteiger partial charge in [-0.3, -0.25) is 0 Å². The normalized spacial score (nSPS) is 17.8. The number of nitrogens with zero attached hydrogens (tertiary/aromatic N) is 2. The molecule has 1 saturated carbocycles. The number of thioether (sulfide) groups is 1. The van der Waals surface area contributed by atoms with Crippen LogP contribution in [-0.2, 0) is 12.0 Å². The van der Waals surface area contributed by atoms with Gasteiger partial charge in [0.05, 0.1) is 6.33 Å². The second kappa shape index (κ2) is 7.77. The zero-order chi connectivity index (χ0) is 17.0. The predicted octanol–water partition coefficient (Wildman–Crippen LogP) is 5.92. The van der Waals surface area contributed by atoms with Crippen LogP contribution in [0.3, 0.4) is 0 Å². The molecule has 1 aliphatic carbocycles. The molecule has 0 bridgehead atoms. The molecule has 1 unspecified atom stereocenters. The molecule has 1 heterocycles. The van der Waals surface area contributed by atoms with Crippen LogP contribution in [0.5, 0.6) is 0 Å². The zero-order valence-electron chi connectivity index (χ0n) is 15.2. The van der Waals surface area contributed by atoms with Crippen molar-refractivity contribution in [2.45, 2.75) is 75.0 Å². The van der Waals surface area contributed by atoms with Gasteiger partial charge in [-0.25, -0.2) is 4.98 Å². The van der Waals surface area contributed by atoms with Crippen LogP contribution >= 0.6 is 11.8 Å². The molecule has 1 aromatic heterocycles. The number of aromatic nitrogens is 2. The van der Waals surface area contributed by atoms with E-state index in [0.29, 0.717) is 5.25 Å². The van der Waals surface area contributed by atoms with E-state index in [1.165, 1.54) is 42.6 Å². The lowest BCUT2D eigenvalue weighted by Gasteiger charge is -2.30. The molecule has 1 atom stereocenters. The van der Waals surface area contributed by atoms with Crippen LogP contribution in [0.2, 0.25) is 0 Å². The lowest BCUT2D eigenvalue weighted by Crippen LogP contribution is -2.24. The fourth-order valence-electron chi connectivity index (χ4n) is 3.60. The Kier molecular flexibility index (Phi) is 5.70. The first-order valence-corrected chi connectivity index (χ1v) is 10.1. The van der Waals surface area contributed by atoms with Gasteiger partial charge in [0.15, 0.2) is 0 Å². The van der Waals surface area contributed by atoms with Gasteiger partial charge in [-0.15, -0.1) is 11.8 Å². The summed E-state index contributed by atoms with van der Waals surface area (Å²) in [6.45, 7) is 7.90. The van der Waals surface area contributed by atoms with E-state index in [0.717, 1.165) is 12.5 Å². The van der Waals surface area contributed by atoms with E-state index >= 15 is 0 Å². The van der Waals surface area contributed by atoms with E-state index in [4.69, 9.17) is 0 Å². The van der Waals surface area contributed by atoms with Gasteiger partial charge in [0.25, 0.3) is 0 Å². The van der Waals surface area contributed by atoms with Crippen LogP contribution in [0.4, 0.5) is 0 Å². The molecule has 0 amide bonds. The maximum atomic E-state index is 4.22. The quantitative estimate of drug-likeness (QED) is 0.627. The molecule has 0 radical (unpaired) electrons. The summed E-state index contributed by atoms with van der Waals surface area (Å²) >= 11 is 2.06. The van der Waals surface area contributed by atoms with Crippen molar-refractivity contribution in [2.24, 2.45) is 5.92 Å². The topological polar surface area (TPSA) is 17.8 Å². The highest BCUT2D eigenvalue weighted by Gasteiger charge is 2.25. The monoisotopic (exact) mass is 342 g/mol. The molecule has 2 aromatic rings. The smallest absolute Gasteiger partial charge is 0.0946 e. The SMILES string of the molecule is CC(C)(C)c1ccc(SC(Cn2ccnc2)C2CCCCC2)cc1. The van der Waals surface area contributed by atoms with Crippen molar-refractivity contribution >= 4 is 11.8 Å². The predicted molar refractivity (Wildman–Crippen MR) is 104 cm³/mol. The maximum absolute atomic E-state index is 4.22. The lowest BCUT2D eigenvalue weighted by atomic mass is 9.86. The average molecular weight is 343 g/mol. The number of imidazole rings is 1. The summed E-state index contributed by atoms with van der Waals surface area (Å²) in [7, 11) is 0. The molecule has 3 rings (SSSR count). The fraction of sp³-hybridized carbons (Fsp3) is 0.571. The van der Waals surface area contributed by atoms with Gasteiger partial charge in [0, 0.05) is 29.1 Å². The van der Waals surface area contributed by atoms with Gasteiger partial charge >= 0.3 is 0 Å². The Balaban J connectivity index is 1.72. The van der Waals surface area contributed by atoms with Crippen LogP contribution < -0.4 is 0 Å². The van der Waals surface area contributed by atoms with Crippen molar-refractivity contribution < 1.29 is 0 Å². The maximum Gasteiger partial charge on any atom is 0.0946 e. The van der Waals surface area contributed by atoms with Gasteiger partial charge < -0.3 is 4.57 Å². The van der Waals surface area contributed by atoms with Gasteiger partial charge in [-0.2, -0.15) is 0 Å². The average Bonchev–Trinajstić information content (AvgIpc) is 3.08. The first-order valence-electron chi connectivity index (χ1n) is 9.25. The molecule has 130 valence electrons. The third-order valence-corrected chi connectivity index (χ3v) is 6.51. The Morgan fingerprint density at radius 3 is 2.42 bits per heavy atom. The summed E-state index contributed by atoms with van der Waals surface area (Å²) in [5.41, 5.74) is 1.64. The van der Waals surface area contributed by atoms with E-state index in [1.807, 2.05) is 12.5 Å². The van der Waals surface area contributed by atoms with Crippen molar-refractivity contribution in [3.8, 4) is 0 Å². The van der Waals surface area contributed by atoms with E-state index in [1.54, 1.807) is 0 Å². The highest BCUT2D eigenvalue weighted by Crippen LogP contribution is 2.37. The molecule has 1 aromatic carbocycles. The van der Waals surface area contributed by atoms with Crippen LogP contribution in [0.15, 0.2) is 47.9 Å². The van der Waals surface area contributed by atoms with Gasteiger partial charge in [-0.05, 0) is 41.9 Å². The molecule has 0 aliphatic heterocycles. The third-order valence-electron chi connectivity index (χ3n) is 5.13. The van der Waals surface area contributed by atoms with Crippen molar-refractivity contribution in [1.82, 2.24) is 9.55 Å². The van der Waals surface area contributed by atoms with E-state index in [-0.39, 0.29) is 5.41 Å². The Hall–Kier alpha value is -1.22. The number of benzene rings is 1. The third kappa shape index (κ3) is 4.66. The molecule has 1 aliphatic rings. The van der Waals surface area contributed by atoms with Crippen molar-refractivity contribution in [3.05, 3.63) is 48.5 Å². The van der Waals surface area contributed by atoms with Gasteiger partial charge in [0.2, 0.25) is 0 Å². The second-order valence-electron chi connectivity index (χ2n) is 8.09. The molecule has 1 fully saturated rings. The van der Waals surface area contributed by atoms with Crippen LogP contribution in [0.25, 0.3) is 0 Å². The molecule has 0 spiro atoms. The molecule has 2 nitrogen and oxygen atoms in total. The molecule has 0 saturated heterocycles. The Morgan fingerprint density at radius 1 is 1.12 bits per heavy atom. The minimum Gasteiger partial charge on any atom is -0.336 e. The highest BCUT2D eigenvalue weighted by molar-refractivity contribution is 8.00. The molecule has 3 heteroatoms. The summed E-state index contributed by atoms with van der Waals surface area (Å²) in [5.74, 6) is 0.827. The summed E-state index contributed by atoms with van der Waals surface area (Å²) < 4.78 is 2.25. The second-order valence-corrected chi connectivity index (χ2v) is 9.40. The largest absolute Gasteiger partial charge is 0.336 e. The van der Waals surface area contributed by atoms with Crippen LogP contribution in [0.1, 0.15) is 58.4 Å². The summed E-state index contributed by atoms with van der Waals surface area (Å²) in [4.78, 5) is 5.62. The highest BCUT2D eigenvalue weighted by atomic mass is 32.2. The minimum absolute atomic E-state index is 0.225. The summed E-state index contributed by atoms with van der Waals surface area (Å²) in [5, 5.41) is 0.639. The number of hydrogen-bond donors (Lipinski definition) is 0. The van der Waals surface area contributed by atoms with Crippen molar-refractivity contribution in [1.29, 1.82) is 0 Å². The molecule has 0 N–H and O–H groups in total. The van der Waals surface area contributed by atoms with E-state index in [2.05, 4.69) is 72.5 Å². The molecule has 24 heavy (non-hydrogen) atoms. The van der Waals surface area contributed by atoms with E-state index in [9.17, 15) is 0 Å². The zero-order valence-corrected chi connectivity index (χ0v) is 16.1. The minimum atomic E-state index is 0.225. The Bertz CT molecular complexity index is 604. The first-order chi connectivity index (χ1) is 11.5. The Labute approximate surface area is 151 Å². The van der Waals surface area contributed by atoms with Gasteiger partial charge in [0.1, 0.15) is 0 Å². The van der Waals surface area contributed by atoms with Gasteiger partial charge in [-0.1, -0.05) is 52.2 Å². The molecular weight excluding hydrogens is 312 g/mol.